The molecular weight excluding hydrogens is 320 g/mol. The van der Waals surface area contributed by atoms with Crippen LogP contribution in [0.2, 0.25) is 0 Å². The molecule has 4 nitrogen and oxygen atoms in total. The first-order valence-electron chi connectivity index (χ1n) is 8.89. The Kier molecular flexibility index (Phi) is 3.16. The number of aromatic nitrogens is 1. The van der Waals surface area contributed by atoms with Gasteiger partial charge in [-0.25, -0.2) is 4.99 Å². The lowest BCUT2D eigenvalue weighted by molar-refractivity contribution is 0.428. The maximum Gasteiger partial charge on any atom is 0.0658 e. The molecule has 2 N–H and O–H groups in total. The molecule has 5 heterocycles. The second kappa shape index (κ2) is 5.43. The Hall–Kier alpha value is -3.14. The van der Waals surface area contributed by atoms with Gasteiger partial charge in [0, 0.05) is 28.2 Å². The molecule has 0 saturated heterocycles. The molecule has 8 bridgehead atoms. The number of hydrogen-bond acceptors (Lipinski definition) is 3. The van der Waals surface area contributed by atoms with Gasteiger partial charge < -0.3 is 10.3 Å². The van der Waals surface area contributed by atoms with Gasteiger partial charge in [0.15, 0.2) is 0 Å². The van der Waals surface area contributed by atoms with Crippen LogP contribution in [0.4, 0.5) is 0 Å². The van der Waals surface area contributed by atoms with Crippen molar-refractivity contribution in [1.82, 2.24) is 10.3 Å². The molecule has 1 atom stereocenters. The van der Waals surface area contributed by atoms with Crippen LogP contribution in [0.5, 0.6) is 0 Å². The predicted octanol–water partition coefficient (Wildman–Crippen LogP) is 4.17. The number of aromatic amines is 1. The van der Waals surface area contributed by atoms with Crippen molar-refractivity contribution in [3.05, 3.63) is 83.1 Å². The van der Waals surface area contributed by atoms with Gasteiger partial charge in [0.25, 0.3) is 0 Å². The van der Waals surface area contributed by atoms with E-state index in [2.05, 4.69) is 78.8 Å². The zero-order chi connectivity index (χ0) is 17.7. The predicted molar refractivity (Wildman–Crippen MR) is 108 cm³/mol. The molecule has 4 aliphatic rings. The Morgan fingerprint density at radius 2 is 1.58 bits per heavy atom. The van der Waals surface area contributed by atoms with Gasteiger partial charge in [-0.15, -0.1) is 0 Å². The van der Waals surface area contributed by atoms with Crippen molar-refractivity contribution in [1.29, 1.82) is 0 Å². The van der Waals surface area contributed by atoms with Crippen LogP contribution in [0.1, 0.15) is 25.2 Å². The number of hydrogen-bond donors (Lipinski definition) is 2. The van der Waals surface area contributed by atoms with E-state index >= 15 is 0 Å². The summed E-state index contributed by atoms with van der Waals surface area (Å²) in [5.74, 6) is 0. The van der Waals surface area contributed by atoms with E-state index < -0.39 is 0 Å². The van der Waals surface area contributed by atoms with Crippen molar-refractivity contribution < 1.29 is 0 Å². The molecule has 128 valence electrons. The minimum absolute atomic E-state index is 0.117. The van der Waals surface area contributed by atoms with Crippen LogP contribution in [0.15, 0.2) is 81.7 Å². The third-order valence-corrected chi connectivity index (χ3v) is 5.21. The van der Waals surface area contributed by atoms with Crippen LogP contribution >= 0.6 is 0 Å². The van der Waals surface area contributed by atoms with Crippen molar-refractivity contribution in [2.75, 3.05) is 0 Å². The molecule has 1 aromatic rings. The topological polar surface area (TPSA) is 52.5 Å². The molecule has 0 aromatic carbocycles. The van der Waals surface area contributed by atoms with Gasteiger partial charge in [-0.3, -0.25) is 4.99 Å². The average Bonchev–Trinajstić information content (AvgIpc) is 3.37. The van der Waals surface area contributed by atoms with E-state index in [4.69, 9.17) is 9.98 Å². The standard InChI is InChI=1S/C22H20N4/c1-22(2)20-9-7-18(25-20)12-16-5-3-14(23-16)11-15-4-6-17(24-15)13-19-8-10-21(22)26-19/h3-13,20,24-25H,1-2H3. The maximum atomic E-state index is 4.86. The quantitative estimate of drug-likeness (QED) is 0.732. The number of H-pyrrole nitrogens is 1. The first-order chi connectivity index (χ1) is 12.6. The molecule has 0 saturated carbocycles. The van der Waals surface area contributed by atoms with Crippen LogP contribution in [0.3, 0.4) is 0 Å². The summed E-state index contributed by atoms with van der Waals surface area (Å²) in [5.41, 5.74) is 7.01. The van der Waals surface area contributed by atoms with Crippen molar-refractivity contribution in [3.63, 3.8) is 0 Å². The molecule has 4 aliphatic heterocycles. The van der Waals surface area contributed by atoms with Gasteiger partial charge in [0.1, 0.15) is 0 Å². The number of nitrogens with one attached hydrogen (secondary N) is 2. The summed E-state index contributed by atoms with van der Waals surface area (Å²) in [5, 5.41) is 3.61. The molecule has 0 radical (unpaired) electrons. The van der Waals surface area contributed by atoms with E-state index in [0.29, 0.717) is 0 Å². The number of nitrogens with zero attached hydrogens (tertiary/aromatic N) is 2. The second-order valence-electron chi connectivity index (χ2n) is 7.51. The number of rotatable bonds is 0. The molecule has 4 heteroatoms. The average molecular weight is 340 g/mol. The van der Waals surface area contributed by atoms with Crippen LogP contribution in [0, 0.1) is 5.41 Å². The van der Waals surface area contributed by atoms with Gasteiger partial charge in [0.05, 0.1) is 23.1 Å². The summed E-state index contributed by atoms with van der Waals surface area (Å²) in [6, 6.07) is 4.33. The minimum Gasteiger partial charge on any atom is -0.378 e. The highest BCUT2D eigenvalue weighted by Gasteiger charge is 2.35. The van der Waals surface area contributed by atoms with Gasteiger partial charge in [-0.2, -0.15) is 0 Å². The SMILES string of the molecule is CC1(C)C2=NC(=Cc3ccc([nH]3)C=C3C=CC(=N3)C=C3C=CC1N3)C=C2. The lowest BCUT2D eigenvalue weighted by Gasteiger charge is -2.30. The lowest BCUT2D eigenvalue weighted by Crippen LogP contribution is -2.41. The highest BCUT2D eigenvalue weighted by Crippen LogP contribution is 2.32. The van der Waals surface area contributed by atoms with Crippen molar-refractivity contribution >= 4 is 23.6 Å². The molecular formula is C22H20N4. The van der Waals surface area contributed by atoms with E-state index in [-0.39, 0.29) is 11.5 Å². The van der Waals surface area contributed by atoms with Crippen molar-refractivity contribution in [2.24, 2.45) is 15.4 Å². The normalized spacial score (nSPS) is 24.7. The fourth-order valence-corrected chi connectivity index (χ4v) is 3.59. The summed E-state index contributed by atoms with van der Waals surface area (Å²) in [6.45, 7) is 4.46. The van der Waals surface area contributed by atoms with Gasteiger partial charge in [0.2, 0.25) is 0 Å². The van der Waals surface area contributed by atoms with E-state index in [1.165, 1.54) is 0 Å². The zero-order valence-corrected chi connectivity index (χ0v) is 14.8. The molecule has 1 unspecified atom stereocenters. The fraction of sp³-hybridized carbons (Fsp3) is 0.182. The molecule has 0 fully saturated rings. The summed E-state index contributed by atoms with van der Waals surface area (Å²) < 4.78 is 0. The summed E-state index contributed by atoms with van der Waals surface area (Å²) in [4.78, 5) is 13.0. The van der Waals surface area contributed by atoms with Crippen molar-refractivity contribution in [3.8, 4) is 0 Å². The highest BCUT2D eigenvalue weighted by atomic mass is 15.0. The van der Waals surface area contributed by atoms with Gasteiger partial charge in [-0.05, 0) is 60.7 Å². The molecule has 26 heavy (non-hydrogen) atoms. The highest BCUT2D eigenvalue weighted by molar-refractivity contribution is 6.08. The molecule has 1 aromatic heterocycles. The van der Waals surface area contributed by atoms with E-state index in [0.717, 1.165) is 39.9 Å². The molecule has 0 amide bonds. The summed E-state index contributed by atoms with van der Waals surface area (Å²) in [7, 11) is 0. The van der Waals surface area contributed by atoms with Crippen molar-refractivity contribution in [2.45, 2.75) is 19.9 Å². The summed E-state index contributed by atoms with van der Waals surface area (Å²) >= 11 is 0. The second-order valence-corrected chi connectivity index (χ2v) is 7.51. The Morgan fingerprint density at radius 3 is 2.38 bits per heavy atom. The van der Waals surface area contributed by atoms with Crippen LogP contribution < -0.4 is 5.32 Å². The van der Waals surface area contributed by atoms with Crippen LogP contribution in [-0.2, 0) is 0 Å². The zero-order valence-electron chi connectivity index (χ0n) is 14.8. The fourth-order valence-electron chi connectivity index (χ4n) is 3.59. The largest absolute Gasteiger partial charge is 0.378 e. The van der Waals surface area contributed by atoms with E-state index in [9.17, 15) is 0 Å². The van der Waals surface area contributed by atoms with E-state index in [1.807, 2.05) is 12.2 Å². The molecule has 0 spiro atoms. The summed E-state index contributed by atoms with van der Waals surface area (Å²) in [6.07, 6.45) is 18.9. The van der Waals surface area contributed by atoms with Gasteiger partial charge >= 0.3 is 0 Å². The Bertz CT molecular complexity index is 1030. The number of aliphatic imine (C=N–C) groups is 2. The third-order valence-electron chi connectivity index (χ3n) is 5.21. The van der Waals surface area contributed by atoms with E-state index in [1.54, 1.807) is 0 Å². The molecule has 5 rings (SSSR count). The monoisotopic (exact) mass is 340 g/mol. The minimum atomic E-state index is -0.117. The molecule has 0 aliphatic carbocycles. The Morgan fingerprint density at radius 1 is 0.846 bits per heavy atom. The first kappa shape index (κ1) is 15.1. The maximum absolute atomic E-state index is 4.86. The lowest BCUT2D eigenvalue weighted by atomic mass is 9.80. The first-order valence-corrected chi connectivity index (χ1v) is 8.89. The van der Waals surface area contributed by atoms with Gasteiger partial charge in [-0.1, -0.05) is 19.9 Å². The Balaban J connectivity index is 1.64. The number of allylic oxidation sites excluding steroid dienone is 6. The van der Waals surface area contributed by atoms with Crippen LogP contribution in [-0.4, -0.2) is 22.4 Å². The Labute approximate surface area is 152 Å². The van der Waals surface area contributed by atoms with Crippen LogP contribution in [0.25, 0.3) is 12.2 Å². The smallest absolute Gasteiger partial charge is 0.0658 e. The number of fused-ring (bicyclic) bond motifs is 6. The third kappa shape index (κ3) is 2.54.